The van der Waals surface area contributed by atoms with Crippen LogP contribution in [0.25, 0.3) is 0 Å². The van der Waals surface area contributed by atoms with Crippen molar-refractivity contribution in [3.63, 3.8) is 0 Å². The molecule has 8 nitrogen and oxygen atoms in total. The standard InChI is InChI=1S/C25H28N2O6S2/c1-3-20-6-4-5-17-27(20)35(31,32)22-13-9-19(10-14-22)26-25(28)23-15-16-24(33-23)34(29,30)21-11-7-18(2)8-12-21/h7-16,20H,3-6,17H2,1-2H3,(H,26,28). The van der Waals surface area contributed by atoms with Gasteiger partial charge in [0, 0.05) is 18.3 Å². The molecule has 1 atom stereocenters. The molecular formula is C25H28N2O6S2. The highest BCUT2D eigenvalue weighted by molar-refractivity contribution is 7.91. The Labute approximate surface area is 205 Å². The van der Waals surface area contributed by atoms with E-state index in [0.717, 1.165) is 31.2 Å². The van der Waals surface area contributed by atoms with E-state index >= 15 is 0 Å². The fraction of sp³-hybridized carbons (Fsp3) is 0.320. The summed E-state index contributed by atoms with van der Waals surface area (Å²) in [5.74, 6) is -0.820. The fourth-order valence-electron chi connectivity index (χ4n) is 4.16. The molecule has 0 spiro atoms. The van der Waals surface area contributed by atoms with Crippen LogP contribution in [-0.2, 0) is 19.9 Å². The van der Waals surface area contributed by atoms with Crippen molar-refractivity contribution in [2.24, 2.45) is 0 Å². The van der Waals surface area contributed by atoms with Crippen molar-refractivity contribution in [1.82, 2.24) is 4.31 Å². The van der Waals surface area contributed by atoms with Crippen LogP contribution in [0, 0.1) is 6.92 Å². The first kappa shape index (κ1) is 25.2. The Hall–Kier alpha value is -2.95. The minimum absolute atomic E-state index is 0.00235. The number of nitrogens with one attached hydrogen (secondary N) is 1. The van der Waals surface area contributed by atoms with E-state index in [2.05, 4.69) is 5.32 Å². The van der Waals surface area contributed by atoms with Crippen LogP contribution in [0.15, 0.2) is 80.0 Å². The monoisotopic (exact) mass is 516 g/mol. The molecule has 1 amide bonds. The molecule has 4 rings (SSSR count). The van der Waals surface area contributed by atoms with Gasteiger partial charge in [-0.25, -0.2) is 16.8 Å². The summed E-state index contributed by atoms with van der Waals surface area (Å²) < 4.78 is 58.7. The number of carbonyl (C=O) groups is 1. The maximum atomic E-state index is 13.1. The van der Waals surface area contributed by atoms with Gasteiger partial charge in [0.2, 0.25) is 25.0 Å². The number of aryl methyl sites for hydroxylation is 1. The molecule has 1 N–H and O–H groups in total. The Kier molecular flexibility index (Phi) is 7.16. The van der Waals surface area contributed by atoms with E-state index in [-0.39, 0.29) is 26.7 Å². The second kappa shape index (κ2) is 9.96. The van der Waals surface area contributed by atoms with E-state index < -0.39 is 25.8 Å². The number of hydrogen-bond donors (Lipinski definition) is 1. The van der Waals surface area contributed by atoms with Crippen LogP contribution in [-0.4, -0.2) is 39.6 Å². The summed E-state index contributed by atoms with van der Waals surface area (Å²) in [7, 11) is -7.53. The number of amides is 1. The normalized spacial score (nSPS) is 17.3. The number of benzene rings is 2. The summed E-state index contributed by atoms with van der Waals surface area (Å²) in [5, 5.41) is 2.28. The van der Waals surface area contributed by atoms with Crippen LogP contribution in [0.3, 0.4) is 0 Å². The first-order chi connectivity index (χ1) is 16.6. The number of sulfonamides is 1. The van der Waals surface area contributed by atoms with Crippen molar-refractivity contribution >= 4 is 31.5 Å². The van der Waals surface area contributed by atoms with Crippen LogP contribution < -0.4 is 5.32 Å². The summed E-state index contributed by atoms with van der Waals surface area (Å²) >= 11 is 0. The SMILES string of the molecule is CCC1CCCCN1S(=O)(=O)c1ccc(NC(=O)c2ccc(S(=O)(=O)c3ccc(C)cc3)o2)cc1. The Morgan fingerprint density at radius 1 is 0.943 bits per heavy atom. The number of sulfone groups is 1. The Morgan fingerprint density at radius 3 is 2.26 bits per heavy atom. The molecule has 2 aromatic carbocycles. The molecule has 186 valence electrons. The molecule has 0 aliphatic carbocycles. The second-order valence-electron chi connectivity index (χ2n) is 8.59. The molecule has 0 radical (unpaired) electrons. The van der Waals surface area contributed by atoms with Gasteiger partial charge in [0.15, 0.2) is 5.76 Å². The van der Waals surface area contributed by atoms with Gasteiger partial charge >= 0.3 is 0 Å². The lowest BCUT2D eigenvalue weighted by Crippen LogP contribution is -2.43. The molecule has 0 bridgehead atoms. The van der Waals surface area contributed by atoms with Crippen LogP contribution >= 0.6 is 0 Å². The van der Waals surface area contributed by atoms with Crippen molar-refractivity contribution in [3.8, 4) is 0 Å². The van der Waals surface area contributed by atoms with Gasteiger partial charge in [0.25, 0.3) is 5.91 Å². The van der Waals surface area contributed by atoms with E-state index in [1.54, 1.807) is 16.4 Å². The molecular weight excluding hydrogens is 488 g/mol. The van der Waals surface area contributed by atoms with Crippen LogP contribution in [0.5, 0.6) is 0 Å². The molecule has 1 aromatic heterocycles. The molecule has 2 heterocycles. The van der Waals surface area contributed by atoms with E-state index in [4.69, 9.17) is 4.42 Å². The van der Waals surface area contributed by atoms with Crippen LogP contribution in [0.1, 0.15) is 48.7 Å². The molecule has 3 aromatic rings. The zero-order valence-electron chi connectivity index (χ0n) is 19.6. The van der Waals surface area contributed by atoms with E-state index in [9.17, 15) is 21.6 Å². The summed E-state index contributed by atoms with van der Waals surface area (Å²) in [6.07, 6.45) is 3.48. The lowest BCUT2D eigenvalue weighted by molar-refractivity contribution is 0.0991. The number of rotatable bonds is 7. The van der Waals surface area contributed by atoms with Gasteiger partial charge in [-0.3, -0.25) is 4.79 Å². The minimum atomic E-state index is -3.90. The van der Waals surface area contributed by atoms with Crippen molar-refractivity contribution in [2.75, 3.05) is 11.9 Å². The number of furan rings is 1. The van der Waals surface area contributed by atoms with Gasteiger partial charge in [-0.2, -0.15) is 4.31 Å². The van der Waals surface area contributed by atoms with Gasteiger partial charge in [-0.05, 0) is 74.7 Å². The summed E-state index contributed by atoms with van der Waals surface area (Å²) in [5.41, 5.74) is 1.28. The molecule has 1 aliphatic rings. The van der Waals surface area contributed by atoms with Gasteiger partial charge in [0.1, 0.15) is 0 Å². The highest BCUT2D eigenvalue weighted by Crippen LogP contribution is 2.28. The van der Waals surface area contributed by atoms with Crippen molar-refractivity contribution in [2.45, 2.75) is 60.5 Å². The summed E-state index contributed by atoms with van der Waals surface area (Å²) in [6, 6.07) is 14.8. The van der Waals surface area contributed by atoms with Gasteiger partial charge in [0.05, 0.1) is 9.79 Å². The molecule has 1 unspecified atom stereocenters. The number of nitrogens with zero attached hydrogens (tertiary/aromatic N) is 1. The fourth-order valence-corrected chi connectivity index (χ4v) is 7.10. The van der Waals surface area contributed by atoms with Crippen LogP contribution in [0.4, 0.5) is 5.69 Å². The highest BCUT2D eigenvalue weighted by atomic mass is 32.2. The largest absolute Gasteiger partial charge is 0.439 e. The van der Waals surface area contributed by atoms with E-state index in [0.29, 0.717) is 12.2 Å². The van der Waals surface area contributed by atoms with E-state index in [1.807, 2.05) is 13.8 Å². The molecule has 10 heteroatoms. The molecule has 35 heavy (non-hydrogen) atoms. The lowest BCUT2D eigenvalue weighted by Gasteiger charge is -2.34. The maximum Gasteiger partial charge on any atom is 0.291 e. The number of piperidine rings is 1. The van der Waals surface area contributed by atoms with Crippen molar-refractivity contribution < 1.29 is 26.0 Å². The predicted octanol–water partition coefficient (Wildman–Crippen LogP) is 4.63. The molecule has 1 fully saturated rings. The Bertz CT molecular complexity index is 1410. The molecule has 1 aliphatic heterocycles. The van der Waals surface area contributed by atoms with Gasteiger partial charge < -0.3 is 9.73 Å². The average molecular weight is 517 g/mol. The third-order valence-corrected chi connectivity index (χ3v) is 9.77. The number of anilines is 1. The third kappa shape index (κ3) is 5.19. The predicted molar refractivity (Wildman–Crippen MR) is 132 cm³/mol. The molecule has 0 saturated carbocycles. The maximum absolute atomic E-state index is 13.1. The van der Waals surface area contributed by atoms with Crippen LogP contribution in [0.2, 0.25) is 0 Å². The molecule has 1 saturated heterocycles. The zero-order chi connectivity index (χ0) is 25.2. The second-order valence-corrected chi connectivity index (χ2v) is 12.4. The summed E-state index contributed by atoms with van der Waals surface area (Å²) in [6.45, 7) is 4.35. The summed E-state index contributed by atoms with van der Waals surface area (Å²) in [4.78, 5) is 12.9. The van der Waals surface area contributed by atoms with Gasteiger partial charge in [-0.1, -0.05) is 31.0 Å². The number of hydrogen-bond acceptors (Lipinski definition) is 6. The van der Waals surface area contributed by atoms with Gasteiger partial charge in [-0.15, -0.1) is 0 Å². The lowest BCUT2D eigenvalue weighted by atomic mass is 10.0. The minimum Gasteiger partial charge on any atom is -0.439 e. The average Bonchev–Trinajstić information content (AvgIpc) is 3.36. The third-order valence-electron chi connectivity index (χ3n) is 6.16. The first-order valence-corrected chi connectivity index (χ1v) is 14.4. The first-order valence-electron chi connectivity index (χ1n) is 11.5. The topological polar surface area (TPSA) is 114 Å². The number of carbonyl (C=O) groups excluding carboxylic acids is 1. The Morgan fingerprint density at radius 2 is 1.60 bits per heavy atom. The van der Waals surface area contributed by atoms with Crippen molar-refractivity contribution in [1.29, 1.82) is 0 Å². The van der Waals surface area contributed by atoms with Crippen molar-refractivity contribution in [3.05, 3.63) is 72.0 Å². The highest BCUT2D eigenvalue weighted by Gasteiger charge is 2.32. The smallest absolute Gasteiger partial charge is 0.291 e. The van der Waals surface area contributed by atoms with E-state index in [1.165, 1.54) is 48.5 Å². The quantitative estimate of drug-likeness (QED) is 0.490. The Balaban J connectivity index is 1.47. The zero-order valence-corrected chi connectivity index (χ0v) is 21.2.